The molecule has 0 saturated heterocycles. The van der Waals surface area contributed by atoms with Crippen LogP contribution in [0.2, 0.25) is 0 Å². The zero-order valence-corrected chi connectivity index (χ0v) is 39.0. The fourth-order valence-corrected chi connectivity index (χ4v) is 13.3. The average Bonchev–Trinajstić information content (AvgIpc) is 3.46. The molecular formula is C67H44B2N2. The number of para-hydroxylation sites is 3. The topological polar surface area (TPSA) is 6.48 Å². The summed E-state index contributed by atoms with van der Waals surface area (Å²) in [7, 11) is 0. The molecule has 0 atom stereocenters. The summed E-state index contributed by atoms with van der Waals surface area (Å²) in [5, 5.41) is 0. The van der Waals surface area contributed by atoms with Gasteiger partial charge in [-0.1, -0.05) is 236 Å². The lowest BCUT2D eigenvalue weighted by molar-refractivity contribution is 0.751. The average molecular weight is 899 g/mol. The van der Waals surface area contributed by atoms with Crippen LogP contribution in [-0.4, -0.2) is 13.4 Å². The Kier molecular flexibility index (Phi) is 8.80. The fraction of sp³-hybridized carbons (Fsp3) is 0.0149. The molecule has 11 aromatic carbocycles. The van der Waals surface area contributed by atoms with Crippen LogP contribution in [0.15, 0.2) is 267 Å². The SMILES string of the molecule is c1ccc(-c2cc(-c3ccccc3)c(N3c4ccccc4B4c5ccccc5N5c6ccccc6B6c7ccccc7C(c7ccccc7)(c7ccccc7)c7cc3c4c5c76)c(-c3ccccc3)c2)cc1. The second-order valence-electron chi connectivity index (χ2n) is 19.4. The predicted octanol–water partition coefficient (Wildman–Crippen LogP) is 12.3. The highest BCUT2D eigenvalue weighted by atomic mass is 15.2. The number of fused-ring (bicyclic) bond motifs is 10. The van der Waals surface area contributed by atoms with Crippen molar-refractivity contribution in [1.29, 1.82) is 0 Å². The van der Waals surface area contributed by atoms with Gasteiger partial charge in [-0.15, -0.1) is 0 Å². The van der Waals surface area contributed by atoms with Crippen LogP contribution in [0.1, 0.15) is 22.3 Å². The minimum Gasteiger partial charge on any atom is -0.312 e. The standard InChI is InChI=1S/C67H44B2N2/c1-6-24-45(25-7-1)48-42-51(46-26-8-2-9-27-46)65(52(43-48)47-28-10-3-11-29-47)71-61-41-23-20-38-58(61)69-57-37-19-22-40-60(57)70-59-39-21-18-36-56(59)68-55-35-17-16-34-53(55)67(49-30-12-4-13-31-49,50-32-14-5-15-33-50)54-44-62(71)64(69)66(70)63(54)68/h1-44H. The molecule has 328 valence electrons. The summed E-state index contributed by atoms with van der Waals surface area (Å²) in [6.07, 6.45) is 0. The van der Waals surface area contributed by atoms with Gasteiger partial charge in [0.15, 0.2) is 0 Å². The van der Waals surface area contributed by atoms with Gasteiger partial charge in [-0.2, -0.15) is 0 Å². The number of nitrogens with zero attached hydrogens (tertiary/aromatic N) is 2. The van der Waals surface area contributed by atoms with Gasteiger partial charge in [0.25, 0.3) is 6.71 Å². The zero-order valence-electron chi connectivity index (χ0n) is 39.0. The van der Waals surface area contributed by atoms with E-state index in [1.807, 2.05) is 0 Å². The molecule has 4 aliphatic rings. The van der Waals surface area contributed by atoms with Crippen LogP contribution in [0, 0.1) is 0 Å². The van der Waals surface area contributed by atoms with Crippen molar-refractivity contribution in [2.75, 3.05) is 9.80 Å². The molecule has 0 bridgehead atoms. The van der Waals surface area contributed by atoms with Gasteiger partial charge in [0.2, 0.25) is 6.71 Å². The third-order valence-electron chi connectivity index (χ3n) is 16.0. The maximum absolute atomic E-state index is 2.68. The Bertz CT molecular complexity index is 3780. The lowest BCUT2D eigenvalue weighted by Gasteiger charge is -2.53. The van der Waals surface area contributed by atoms with E-state index in [1.54, 1.807) is 0 Å². The van der Waals surface area contributed by atoms with E-state index in [0.29, 0.717) is 0 Å². The van der Waals surface area contributed by atoms with E-state index in [0.717, 1.165) is 5.69 Å². The zero-order chi connectivity index (χ0) is 46.6. The van der Waals surface area contributed by atoms with Gasteiger partial charge >= 0.3 is 0 Å². The molecule has 0 aliphatic carbocycles. The third kappa shape index (κ3) is 5.62. The van der Waals surface area contributed by atoms with Crippen LogP contribution in [-0.2, 0) is 5.41 Å². The Labute approximate surface area is 416 Å². The predicted molar refractivity (Wildman–Crippen MR) is 300 cm³/mol. The Morgan fingerprint density at radius 2 is 0.648 bits per heavy atom. The van der Waals surface area contributed by atoms with Crippen LogP contribution < -0.4 is 42.6 Å². The molecule has 0 unspecified atom stereocenters. The number of rotatable bonds is 6. The van der Waals surface area contributed by atoms with Crippen molar-refractivity contribution < 1.29 is 0 Å². The molecule has 0 fully saturated rings. The van der Waals surface area contributed by atoms with Crippen LogP contribution in [0.25, 0.3) is 33.4 Å². The van der Waals surface area contributed by atoms with Gasteiger partial charge in [0, 0.05) is 39.6 Å². The molecule has 4 heteroatoms. The molecule has 0 aromatic heterocycles. The van der Waals surface area contributed by atoms with Gasteiger partial charge in [0.05, 0.1) is 11.1 Å². The summed E-state index contributed by atoms with van der Waals surface area (Å²) in [4.78, 5) is 5.34. The molecule has 0 spiro atoms. The summed E-state index contributed by atoms with van der Waals surface area (Å²) in [6.45, 7) is -0.0315. The Morgan fingerprint density at radius 1 is 0.268 bits per heavy atom. The molecule has 71 heavy (non-hydrogen) atoms. The first-order chi connectivity index (χ1) is 35.3. The van der Waals surface area contributed by atoms with E-state index in [2.05, 4.69) is 277 Å². The molecule has 4 heterocycles. The number of benzene rings is 11. The first kappa shape index (κ1) is 40.1. The maximum atomic E-state index is 2.68. The lowest BCUT2D eigenvalue weighted by atomic mass is 9.26. The smallest absolute Gasteiger partial charge is 0.252 e. The van der Waals surface area contributed by atoms with Crippen molar-refractivity contribution in [1.82, 2.24) is 0 Å². The Morgan fingerprint density at radius 3 is 1.14 bits per heavy atom. The molecule has 11 aromatic rings. The third-order valence-corrected chi connectivity index (χ3v) is 16.0. The van der Waals surface area contributed by atoms with E-state index < -0.39 is 5.41 Å². The van der Waals surface area contributed by atoms with Crippen LogP contribution in [0.3, 0.4) is 0 Å². The van der Waals surface area contributed by atoms with Gasteiger partial charge in [-0.05, 0) is 108 Å². The largest absolute Gasteiger partial charge is 0.312 e. The Balaban J connectivity index is 1.17. The molecule has 4 aliphatic heterocycles. The van der Waals surface area contributed by atoms with Crippen molar-refractivity contribution in [2.45, 2.75) is 5.41 Å². The molecule has 0 amide bonds. The first-order valence-corrected chi connectivity index (χ1v) is 24.9. The van der Waals surface area contributed by atoms with Crippen molar-refractivity contribution in [2.24, 2.45) is 0 Å². The summed E-state index contributed by atoms with van der Waals surface area (Å²) in [5.41, 5.74) is 26.9. The molecule has 0 saturated carbocycles. The van der Waals surface area contributed by atoms with Crippen molar-refractivity contribution in [3.05, 3.63) is 289 Å². The summed E-state index contributed by atoms with van der Waals surface area (Å²) < 4.78 is 0. The minimum absolute atomic E-state index is 0.00375. The normalized spacial score (nSPS) is 13.9. The van der Waals surface area contributed by atoms with E-state index in [1.165, 1.54) is 117 Å². The lowest BCUT2D eigenvalue weighted by Crippen LogP contribution is -2.70. The molecule has 15 rings (SSSR count). The number of anilines is 6. The highest BCUT2D eigenvalue weighted by Gasteiger charge is 2.56. The second-order valence-corrected chi connectivity index (χ2v) is 19.4. The fourth-order valence-electron chi connectivity index (χ4n) is 13.3. The van der Waals surface area contributed by atoms with Crippen molar-refractivity contribution >= 4 is 80.3 Å². The Hall–Kier alpha value is -8.85. The van der Waals surface area contributed by atoms with Crippen LogP contribution in [0.5, 0.6) is 0 Å². The van der Waals surface area contributed by atoms with E-state index >= 15 is 0 Å². The highest BCUT2D eigenvalue weighted by Crippen LogP contribution is 2.55. The maximum Gasteiger partial charge on any atom is 0.252 e. The highest BCUT2D eigenvalue weighted by molar-refractivity contribution is 7.04. The summed E-state index contributed by atoms with van der Waals surface area (Å²) in [6, 6.07) is 100. The van der Waals surface area contributed by atoms with Gasteiger partial charge < -0.3 is 9.80 Å². The van der Waals surface area contributed by atoms with Crippen molar-refractivity contribution in [3.8, 4) is 33.4 Å². The van der Waals surface area contributed by atoms with E-state index in [9.17, 15) is 0 Å². The summed E-state index contributed by atoms with van der Waals surface area (Å²) in [5.74, 6) is 0. The number of hydrogen-bond donors (Lipinski definition) is 0. The van der Waals surface area contributed by atoms with Gasteiger partial charge in [-0.3, -0.25) is 0 Å². The quantitative estimate of drug-likeness (QED) is 0.153. The second kappa shape index (κ2) is 15.6. The van der Waals surface area contributed by atoms with Crippen LogP contribution >= 0.6 is 0 Å². The number of hydrogen-bond acceptors (Lipinski definition) is 2. The first-order valence-electron chi connectivity index (χ1n) is 24.9. The van der Waals surface area contributed by atoms with E-state index in [4.69, 9.17) is 0 Å². The van der Waals surface area contributed by atoms with Crippen molar-refractivity contribution in [3.63, 3.8) is 0 Å². The minimum atomic E-state index is -0.675. The molecule has 2 nitrogen and oxygen atoms in total. The summed E-state index contributed by atoms with van der Waals surface area (Å²) >= 11 is 0. The molecule has 0 radical (unpaired) electrons. The monoisotopic (exact) mass is 898 g/mol. The van der Waals surface area contributed by atoms with Gasteiger partial charge in [0.1, 0.15) is 0 Å². The molecular weight excluding hydrogens is 854 g/mol. The molecule has 0 N–H and O–H groups in total. The van der Waals surface area contributed by atoms with Gasteiger partial charge in [-0.25, -0.2) is 0 Å². The van der Waals surface area contributed by atoms with Crippen LogP contribution in [0.4, 0.5) is 34.1 Å². The van der Waals surface area contributed by atoms with E-state index in [-0.39, 0.29) is 13.4 Å².